The van der Waals surface area contributed by atoms with Gasteiger partial charge >= 0.3 is 0 Å². The lowest BCUT2D eigenvalue weighted by atomic mass is 9.95. The van der Waals surface area contributed by atoms with Crippen molar-refractivity contribution < 1.29 is 22.7 Å². The van der Waals surface area contributed by atoms with E-state index in [2.05, 4.69) is 5.32 Å². The van der Waals surface area contributed by atoms with Crippen LogP contribution in [0.2, 0.25) is 10.0 Å². The number of benzene rings is 3. The molecule has 0 bridgehead atoms. The fourth-order valence-electron chi connectivity index (χ4n) is 5.30. The van der Waals surface area contributed by atoms with E-state index in [1.165, 1.54) is 24.1 Å². The lowest BCUT2D eigenvalue weighted by Gasteiger charge is -2.34. The molecule has 4 rings (SSSR count). The van der Waals surface area contributed by atoms with Gasteiger partial charge in [0.15, 0.2) is 0 Å². The number of hydrogen-bond acceptors (Lipinski definition) is 5. The average Bonchev–Trinajstić information content (AvgIpc) is 3.02. The first-order valence-corrected chi connectivity index (χ1v) is 16.6. The average molecular weight is 647 g/mol. The normalized spacial score (nSPS) is 14.5. The Labute approximate surface area is 264 Å². The van der Waals surface area contributed by atoms with Crippen molar-refractivity contribution in [3.8, 4) is 5.75 Å². The summed E-state index contributed by atoms with van der Waals surface area (Å²) in [6, 6.07) is 18.7. The minimum atomic E-state index is -4.18. The van der Waals surface area contributed by atoms with Crippen molar-refractivity contribution in [2.45, 2.75) is 69.0 Å². The number of rotatable bonds is 12. The standard InChI is InChI=1S/C32H37Cl2N3O5S/c1-3-30(32(39)35-24-10-6-4-7-11-24)36(21-23-14-19-28(33)29(34)20-23)31(38)22-37(25-12-8-5-9-13-25)43(40,41)27-17-15-26(42-2)16-18-27/h5,8-9,12-20,24,30H,3-4,6-7,10-11,21-22H2,1-2H3,(H,35,39). The van der Waals surface area contributed by atoms with E-state index in [-0.39, 0.29) is 23.4 Å². The topological polar surface area (TPSA) is 96.0 Å². The third kappa shape index (κ3) is 8.22. The van der Waals surface area contributed by atoms with Gasteiger partial charge in [0.05, 0.1) is 27.7 Å². The second kappa shape index (κ2) is 14.9. The zero-order valence-electron chi connectivity index (χ0n) is 24.3. The molecular formula is C32H37Cl2N3O5S. The summed E-state index contributed by atoms with van der Waals surface area (Å²) in [4.78, 5) is 29.3. The molecule has 230 valence electrons. The SMILES string of the molecule is CCC(C(=O)NC1CCCCC1)N(Cc1ccc(Cl)c(Cl)c1)C(=O)CN(c1ccccc1)S(=O)(=O)c1ccc(OC)cc1. The Morgan fingerprint density at radius 1 is 0.953 bits per heavy atom. The number of ether oxygens (including phenoxy) is 1. The maximum absolute atomic E-state index is 14.2. The Morgan fingerprint density at radius 2 is 1.63 bits per heavy atom. The molecule has 3 aromatic rings. The monoisotopic (exact) mass is 645 g/mol. The number of anilines is 1. The minimum absolute atomic E-state index is 0.00284. The first kappa shape index (κ1) is 32.6. The summed E-state index contributed by atoms with van der Waals surface area (Å²) in [5.41, 5.74) is 0.983. The highest BCUT2D eigenvalue weighted by molar-refractivity contribution is 7.92. The lowest BCUT2D eigenvalue weighted by molar-refractivity contribution is -0.140. The van der Waals surface area contributed by atoms with Crippen LogP contribution in [0, 0.1) is 0 Å². The van der Waals surface area contributed by atoms with Crippen molar-refractivity contribution in [1.82, 2.24) is 10.2 Å². The molecule has 0 aliphatic heterocycles. The van der Waals surface area contributed by atoms with Crippen molar-refractivity contribution in [2.24, 2.45) is 0 Å². The Hall–Kier alpha value is -3.27. The number of amides is 2. The van der Waals surface area contributed by atoms with Gasteiger partial charge in [-0.3, -0.25) is 13.9 Å². The van der Waals surface area contributed by atoms with Crippen LogP contribution in [0.3, 0.4) is 0 Å². The molecule has 3 aromatic carbocycles. The lowest BCUT2D eigenvalue weighted by Crippen LogP contribution is -2.54. The van der Waals surface area contributed by atoms with E-state index >= 15 is 0 Å². The molecule has 1 aliphatic rings. The van der Waals surface area contributed by atoms with E-state index in [9.17, 15) is 18.0 Å². The van der Waals surface area contributed by atoms with Gasteiger partial charge in [-0.15, -0.1) is 0 Å². The van der Waals surface area contributed by atoms with Gasteiger partial charge in [-0.1, -0.05) is 73.7 Å². The second-order valence-electron chi connectivity index (χ2n) is 10.6. The van der Waals surface area contributed by atoms with Crippen LogP contribution in [0.5, 0.6) is 5.75 Å². The van der Waals surface area contributed by atoms with Crippen molar-refractivity contribution in [3.63, 3.8) is 0 Å². The van der Waals surface area contributed by atoms with E-state index in [1.807, 2.05) is 6.92 Å². The fraction of sp³-hybridized carbons (Fsp3) is 0.375. The maximum atomic E-state index is 14.2. The summed E-state index contributed by atoms with van der Waals surface area (Å²) in [7, 11) is -2.68. The van der Waals surface area contributed by atoms with E-state index in [4.69, 9.17) is 27.9 Å². The number of halogens is 2. The molecule has 0 heterocycles. The molecule has 1 saturated carbocycles. The highest BCUT2D eigenvalue weighted by Crippen LogP contribution is 2.28. The molecule has 0 saturated heterocycles. The minimum Gasteiger partial charge on any atom is -0.497 e. The molecule has 2 amide bonds. The molecule has 8 nitrogen and oxygen atoms in total. The summed E-state index contributed by atoms with van der Waals surface area (Å²) in [5.74, 6) is -0.284. The Morgan fingerprint density at radius 3 is 2.23 bits per heavy atom. The number of carbonyl (C=O) groups is 2. The zero-order valence-corrected chi connectivity index (χ0v) is 26.7. The first-order chi connectivity index (χ1) is 20.6. The second-order valence-corrected chi connectivity index (χ2v) is 13.2. The number of carbonyl (C=O) groups excluding carboxylic acids is 2. The van der Waals surface area contributed by atoms with Gasteiger partial charge in [-0.25, -0.2) is 8.42 Å². The van der Waals surface area contributed by atoms with Crippen molar-refractivity contribution in [1.29, 1.82) is 0 Å². The Balaban J connectivity index is 1.70. The third-order valence-electron chi connectivity index (χ3n) is 7.64. The van der Waals surface area contributed by atoms with E-state index in [0.717, 1.165) is 36.4 Å². The van der Waals surface area contributed by atoms with Crippen LogP contribution in [-0.4, -0.2) is 50.9 Å². The van der Waals surface area contributed by atoms with Gasteiger partial charge in [0.2, 0.25) is 11.8 Å². The molecule has 0 aromatic heterocycles. The van der Waals surface area contributed by atoms with Crippen molar-refractivity contribution in [2.75, 3.05) is 18.0 Å². The molecule has 11 heteroatoms. The molecule has 1 fully saturated rings. The predicted molar refractivity (Wildman–Crippen MR) is 170 cm³/mol. The van der Waals surface area contributed by atoms with Crippen LogP contribution in [0.25, 0.3) is 0 Å². The van der Waals surface area contributed by atoms with Crippen molar-refractivity contribution >= 4 is 50.7 Å². The molecule has 1 N–H and O–H groups in total. The zero-order chi connectivity index (χ0) is 31.0. The number of para-hydroxylation sites is 1. The molecular weight excluding hydrogens is 609 g/mol. The van der Waals surface area contributed by atoms with Crippen LogP contribution in [0.4, 0.5) is 5.69 Å². The van der Waals surface area contributed by atoms with Gasteiger partial charge in [0.25, 0.3) is 10.0 Å². The van der Waals surface area contributed by atoms with Gasteiger partial charge in [0, 0.05) is 12.6 Å². The van der Waals surface area contributed by atoms with Crippen LogP contribution < -0.4 is 14.4 Å². The third-order valence-corrected chi connectivity index (χ3v) is 10.2. The van der Waals surface area contributed by atoms with Crippen LogP contribution >= 0.6 is 23.2 Å². The molecule has 1 unspecified atom stereocenters. The van der Waals surface area contributed by atoms with Gasteiger partial charge in [-0.2, -0.15) is 0 Å². The molecule has 43 heavy (non-hydrogen) atoms. The number of sulfonamides is 1. The Kier molecular flexibility index (Phi) is 11.3. The van der Waals surface area contributed by atoms with E-state index in [0.29, 0.717) is 33.5 Å². The Bertz CT molecular complexity index is 1500. The summed E-state index contributed by atoms with van der Waals surface area (Å²) in [5, 5.41) is 3.83. The number of nitrogens with zero attached hydrogens (tertiary/aromatic N) is 2. The highest BCUT2D eigenvalue weighted by Gasteiger charge is 2.34. The predicted octanol–water partition coefficient (Wildman–Crippen LogP) is 6.45. The summed E-state index contributed by atoms with van der Waals surface area (Å²) in [6.07, 6.45) is 5.35. The maximum Gasteiger partial charge on any atom is 0.264 e. The number of hydrogen-bond donors (Lipinski definition) is 1. The quantitative estimate of drug-likeness (QED) is 0.244. The summed E-state index contributed by atoms with van der Waals surface area (Å²) >= 11 is 12.4. The largest absolute Gasteiger partial charge is 0.497 e. The molecule has 0 radical (unpaired) electrons. The van der Waals surface area contributed by atoms with Gasteiger partial charge < -0.3 is 15.0 Å². The molecule has 1 aliphatic carbocycles. The van der Waals surface area contributed by atoms with E-state index in [1.54, 1.807) is 60.7 Å². The van der Waals surface area contributed by atoms with Crippen LogP contribution in [-0.2, 0) is 26.2 Å². The smallest absolute Gasteiger partial charge is 0.264 e. The van der Waals surface area contributed by atoms with Crippen molar-refractivity contribution in [3.05, 3.63) is 88.4 Å². The summed E-state index contributed by atoms with van der Waals surface area (Å²) < 4.78 is 34.2. The van der Waals surface area contributed by atoms with E-state index < -0.39 is 28.5 Å². The first-order valence-electron chi connectivity index (χ1n) is 14.4. The van der Waals surface area contributed by atoms with Gasteiger partial charge in [0.1, 0.15) is 18.3 Å². The molecule has 0 spiro atoms. The van der Waals surface area contributed by atoms with Crippen LogP contribution in [0.1, 0.15) is 51.0 Å². The highest BCUT2D eigenvalue weighted by atomic mass is 35.5. The van der Waals surface area contributed by atoms with Gasteiger partial charge in [-0.05, 0) is 73.4 Å². The number of methoxy groups -OCH3 is 1. The fourth-order valence-corrected chi connectivity index (χ4v) is 7.03. The molecule has 1 atom stereocenters. The number of nitrogens with one attached hydrogen (secondary N) is 1. The van der Waals surface area contributed by atoms with Crippen LogP contribution in [0.15, 0.2) is 77.7 Å². The summed E-state index contributed by atoms with van der Waals surface area (Å²) in [6.45, 7) is 1.35.